The third-order valence-electron chi connectivity index (χ3n) is 4.33. The SMILES string of the molecule is CCC(CNC(=NC)NCCc1nnc2ccccn12)Oc1ccccc1Cl.I. The predicted molar refractivity (Wildman–Crippen MR) is 128 cm³/mol. The Hall–Kier alpha value is -2.07. The van der Waals surface area contributed by atoms with Gasteiger partial charge in [-0.3, -0.25) is 9.39 Å². The van der Waals surface area contributed by atoms with Crippen molar-refractivity contribution in [1.29, 1.82) is 0 Å². The van der Waals surface area contributed by atoms with Gasteiger partial charge in [0.05, 0.1) is 11.6 Å². The lowest BCUT2D eigenvalue weighted by atomic mass is 10.2. The van der Waals surface area contributed by atoms with Gasteiger partial charge >= 0.3 is 0 Å². The monoisotopic (exact) mass is 528 g/mol. The summed E-state index contributed by atoms with van der Waals surface area (Å²) in [6.45, 7) is 3.39. The molecule has 2 aromatic heterocycles. The van der Waals surface area contributed by atoms with Crippen LogP contribution in [0, 0.1) is 0 Å². The minimum absolute atomic E-state index is 0. The number of hydrogen-bond donors (Lipinski definition) is 2. The second-order valence-corrected chi connectivity index (χ2v) is 6.66. The van der Waals surface area contributed by atoms with Crippen molar-refractivity contribution in [3.05, 3.63) is 59.5 Å². The van der Waals surface area contributed by atoms with Crippen LogP contribution < -0.4 is 15.4 Å². The van der Waals surface area contributed by atoms with Crippen molar-refractivity contribution in [3.63, 3.8) is 0 Å². The zero-order valence-corrected chi connectivity index (χ0v) is 19.6. The molecular formula is C20H26ClIN6O. The van der Waals surface area contributed by atoms with E-state index in [0.717, 1.165) is 30.3 Å². The predicted octanol–water partition coefficient (Wildman–Crippen LogP) is 3.57. The van der Waals surface area contributed by atoms with Gasteiger partial charge in [0.2, 0.25) is 0 Å². The topological polar surface area (TPSA) is 75.8 Å². The number of para-hydroxylation sites is 1. The number of nitrogens with zero attached hydrogens (tertiary/aromatic N) is 4. The van der Waals surface area contributed by atoms with Crippen LogP contribution in [-0.4, -0.2) is 46.8 Å². The van der Waals surface area contributed by atoms with Crippen LogP contribution in [0.4, 0.5) is 0 Å². The molecule has 0 bridgehead atoms. The summed E-state index contributed by atoms with van der Waals surface area (Å²) >= 11 is 6.18. The molecule has 0 amide bonds. The van der Waals surface area contributed by atoms with E-state index in [-0.39, 0.29) is 30.1 Å². The summed E-state index contributed by atoms with van der Waals surface area (Å²) in [4.78, 5) is 4.27. The van der Waals surface area contributed by atoms with Crippen molar-refractivity contribution >= 4 is 47.2 Å². The fourth-order valence-electron chi connectivity index (χ4n) is 2.77. The molecular weight excluding hydrogens is 503 g/mol. The molecule has 0 saturated heterocycles. The Morgan fingerprint density at radius 3 is 2.72 bits per heavy atom. The van der Waals surface area contributed by atoms with Crippen molar-refractivity contribution in [1.82, 2.24) is 25.2 Å². The van der Waals surface area contributed by atoms with E-state index < -0.39 is 0 Å². The highest BCUT2D eigenvalue weighted by Crippen LogP contribution is 2.24. The van der Waals surface area contributed by atoms with Gasteiger partial charge in [-0.05, 0) is 30.7 Å². The first-order chi connectivity index (χ1) is 13.7. The Balaban J connectivity index is 0.00000300. The lowest BCUT2D eigenvalue weighted by molar-refractivity contribution is 0.199. The molecule has 1 atom stereocenters. The number of fused-ring (bicyclic) bond motifs is 1. The molecule has 29 heavy (non-hydrogen) atoms. The third kappa shape index (κ3) is 6.46. The van der Waals surface area contributed by atoms with Gasteiger partial charge in [0, 0.05) is 26.2 Å². The first kappa shape index (κ1) is 23.2. The van der Waals surface area contributed by atoms with Gasteiger partial charge in [0.25, 0.3) is 0 Å². The second-order valence-electron chi connectivity index (χ2n) is 6.25. The van der Waals surface area contributed by atoms with E-state index in [4.69, 9.17) is 16.3 Å². The molecule has 9 heteroatoms. The smallest absolute Gasteiger partial charge is 0.191 e. The van der Waals surface area contributed by atoms with Crippen LogP contribution in [0.2, 0.25) is 5.02 Å². The van der Waals surface area contributed by atoms with Crippen molar-refractivity contribution in [3.8, 4) is 5.75 Å². The highest BCUT2D eigenvalue weighted by Gasteiger charge is 2.11. The normalized spacial score (nSPS) is 12.3. The maximum atomic E-state index is 6.18. The van der Waals surface area contributed by atoms with Crippen LogP contribution in [0.1, 0.15) is 19.2 Å². The average molecular weight is 529 g/mol. The number of hydrogen-bond acceptors (Lipinski definition) is 4. The summed E-state index contributed by atoms with van der Waals surface area (Å²) in [6, 6.07) is 13.4. The van der Waals surface area contributed by atoms with Gasteiger partial charge in [0.1, 0.15) is 17.7 Å². The Morgan fingerprint density at radius 2 is 1.97 bits per heavy atom. The molecule has 0 aliphatic heterocycles. The van der Waals surface area contributed by atoms with Crippen molar-refractivity contribution in [2.75, 3.05) is 20.1 Å². The van der Waals surface area contributed by atoms with Gasteiger partial charge in [-0.2, -0.15) is 0 Å². The minimum atomic E-state index is -0.0149. The molecule has 0 saturated carbocycles. The molecule has 7 nitrogen and oxygen atoms in total. The maximum Gasteiger partial charge on any atom is 0.191 e. The fraction of sp³-hybridized carbons (Fsp3) is 0.350. The van der Waals surface area contributed by atoms with Crippen LogP contribution in [0.5, 0.6) is 5.75 Å². The zero-order valence-electron chi connectivity index (χ0n) is 16.5. The number of aromatic nitrogens is 3. The number of benzene rings is 1. The number of aliphatic imine (C=N–C) groups is 1. The molecule has 0 fully saturated rings. The van der Waals surface area contributed by atoms with Gasteiger partial charge in [-0.1, -0.05) is 36.7 Å². The maximum absolute atomic E-state index is 6.18. The Labute approximate surface area is 192 Å². The minimum Gasteiger partial charge on any atom is -0.487 e. The zero-order chi connectivity index (χ0) is 19.8. The Bertz CT molecular complexity index is 932. The number of nitrogens with one attached hydrogen (secondary N) is 2. The second kappa shape index (κ2) is 11.8. The quantitative estimate of drug-likeness (QED) is 0.266. The number of rotatable bonds is 8. The van der Waals surface area contributed by atoms with E-state index in [1.165, 1.54) is 0 Å². The summed E-state index contributed by atoms with van der Waals surface area (Å²) < 4.78 is 7.99. The van der Waals surface area contributed by atoms with Crippen molar-refractivity contribution in [2.45, 2.75) is 25.9 Å². The summed E-state index contributed by atoms with van der Waals surface area (Å²) in [5.41, 5.74) is 0.850. The number of pyridine rings is 1. The van der Waals surface area contributed by atoms with E-state index in [9.17, 15) is 0 Å². The summed E-state index contributed by atoms with van der Waals surface area (Å²) in [6.07, 6.45) is 3.54. The molecule has 0 aliphatic carbocycles. The molecule has 156 valence electrons. The molecule has 2 N–H and O–H groups in total. The van der Waals surface area contributed by atoms with E-state index in [2.05, 4.69) is 32.7 Å². The summed E-state index contributed by atoms with van der Waals surface area (Å²) in [5, 5.41) is 15.6. The van der Waals surface area contributed by atoms with Crippen LogP contribution in [0.15, 0.2) is 53.7 Å². The lowest BCUT2D eigenvalue weighted by Crippen LogP contribution is -2.43. The van der Waals surface area contributed by atoms with Crippen LogP contribution in [0.25, 0.3) is 5.65 Å². The number of guanidine groups is 1. The highest BCUT2D eigenvalue weighted by molar-refractivity contribution is 14.0. The molecule has 2 heterocycles. The fourth-order valence-corrected chi connectivity index (χ4v) is 2.95. The average Bonchev–Trinajstić information content (AvgIpc) is 3.14. The van der Waals surface area contributed by atoms with Crippen molar-refractivity contribution in [2.24, 2.45) is 4.99 Å². The molecule has 1 unspecified atom stereocenters. The first-order valence-corrected chi connectivity index (χ1v) is 9.73. The van der Waals surface area contributed by atoms with E-state index >= 15 is 0 Å². The third-order valence-corrected chi connectivity index (χ3v) is 4.64. The van der Waals surface area contributed by atoms with Gasteiger partial charge < -0.3 is 15.4 Å². The van der Waals surface area contributed by atoms with E-state index in [1.54, 1.807) is 7.05 Å². The van der Waals surface area contributed by atoms with Crippen LogP contribution >= 0.6 is 35.6 Å². The van der Waals surface area contributed by atoms with Gasteiger partial charge in [-0.25, -0.2) is 0 Å². The lowest BCUT2D eigenvalue weighted by Gasteiger charge is -2.20. The highest BCUT2D eigenvalue weighted by atomic mass is 127. The molecule has 1 aromatic carbocycles. The largest absolute Gasteiger partial charge is 0.487 e. The standard InChI is InChI=1S/C20H25ClN6O.HI/c1-3-15(28-17-9-5-4-8-16(17)21)14-24-20(22-2)23-12-11-19-26-25-18-10-6-7-13-27(18)19;/h4-10,13,15H,3,11-12,14H2,1-2H3,(H2,22,23,24);1H. The van der Waals surface area contributed by atoms with E-state index in [1.807, 2.05) is 53.1 Å². The van der Waals surface area contributed by atoms with Gasteiger partial charge in [-0.15, -0.1) is 34.2 Å². The number of ether oxygens (including phenoxy) is 1. The molecule has 0 aliphatic rings. The van der Waals surface area contributed by atoms with Crippen LogP contribution in [0.3, 0.4) is 0 Å². The number of halogens is 2. The van der Waals surface area contributed by atoms with E-state index in [0.29, 0.717) is 23.9 Å². The van der Waals surface area contributed by atoms with Crippen LogP contribution in [-0.2, 0) is 6.42 Å². The molecule has 0 spiro atoms. The summed E-state index contributed by atoms with van der Waals surface area (Å²) in [5.74, 6) is 2.32. The van der Waals surface area contributed by atoms with Gasteiger partial charge in [0.15, 0.2) is 11.6 Å². The molecule has 3 rings (SSSR count). The molecule has 0 radical (unpaired) electrons. The van der Waals surface area contributed by atoms with Crippen molar-refractivity contribution < 1.29 is 4.74 Å². The Morgan fingerprint density at radius 1 is 1.17 bits per heavy atom. The first-order valence-electron chi connectivity index (χ1n) is 9.35. The molecule has 3 aromatic rings. The summed E-state index contributed by atoms with van der Waals surface area (Å²) in [7, 11) is 1.75. The Kier molecular flexibility index (Phi) is 9.46.